The average molecular weight is 374 g/mol. The second kappa shape index (κ2) is 8.12. The highest BCUT2D eigenvalue weighted by atomic mass is 32.2. The largest absolute Gasteiger partial charge is 0.348 e. The van der Waals surface area contributed by atoms with E-state index in [1.807, 2.05) is 0 Å². The number of amides is 1. The molecule has 140 valence electrons. The van der Waals surface area contributed by atoms with E-state index in [0.29, 0.717) is 17.0 Å². The number of rotatable bonds is 8. The van der Waals surface area contributed by atoms with Crippen LogP contribution in [0.4, 0.5) is 0 Å². The molecule has 0 spiro atoms. The van der Waals surface area contributed by atoms with Crippen LogP contribution in [0.15, 0.2) is 29.4 Å². The number of aromatic nitrogens is 3. The van der Waals surface area contributed by atoms with Crippen LogP contribution in [0.25, 0.3) is 0 Å². The minimum absolute atomic E-state index is 0.00761. The molecule has 0 radical (unpaired) electrons. The molecule has 0 bridgehead atoms. The molecule has 3 rings (SSSR count). The average Bonchev–Trinajstić information content (AvgIpc) is 3.41. The molecule has 0 aliphatic heterocycles. The lowest BCUT2D eigenvalue weighted by Gasteiger charge is -2.23. The van der Waals surface area contributed by atoms with Crippen LogP contribution >= 0.6 is 11.8 Å². The molecular formula is C19H27N5OS. The third-order valence-corrected chi connectivity index (χ3v) is 5.64. The molecule has 3 N–H and O–H groups in total. The number of carbonyl (C=O) groups excluding carboxylic acids is 1. The molecule has 1 heterocycles. The van der Waals surface area contributed by atoms with Gasteiger partial charge in [-0.15, -0.1) is 10.2 Å². The predicted molar refractivity (Wildman–Crippen MR) is 104 cm³/mol. The van der Waals surface area contributed by atoms with Crippen LogP contribution in [0.3, 0.4) is 0 Å². The normalized spacial score (nSPS) is 15.2. The van der Waals surface area contributed by atoms with Gasteiger partial charge in [-0.2, -0.15) is 0 Å². The van der Waals surface area contributed by atoms with E-state index in [0.717, 1.165) is 30.7 Å². The first-order valence-electron chi connectivity index (χ1n) is 9.21. The van der Waals surface area contributed by atoms with Crippen molar-refractivity contribution in [2.75, 3.05) is 11.6 Å². The van der Waals surface area contributed by atoms with Crippen LogP contribution < -0.4 is 11.2 Å². The molecule has 1 atom stereocenters. The third-order valence-electron chi connectivity index (χ3n) is 4.70. The summed E-state index contributed by atoms with van der Waals surface area (Å²) in [6.45, 7) is 6.37. The lowest BCUT2D eigenvalue weighted by atomic mass is 9.95. The Bertz CT molecular complexity index is 752. The van der Waals surface area contributed by atoms with Gasteiger partial charge in [0, 0.05) is 5.92 Å². The topological polar surface area (TPSA) is 85.8 Å². The summed E-state index contributed by atoms with van der Waals surface area (Å²) in [4.78, 5) is 12.5. The van der Waals surface area contributed by atoms with Crippen molar-refractivity contribution >= 4 is 17.7 Å². The number of thioether (sulfide) groups is 1. The standard InChI is InChI=1S/C19H27N5OS/c1-4-13-5-7-14(8-6-13)17(12(2)3)21-16(25)11-26-19-23-22-18(24(19)20)15-9-10-15/h5-8,12,15,17H,4,9-11,20H2,1-3H3,(H,21,25)/t17-/m1/s1. The molecule has 1 fully saturated rings. The van der Waals surface area contributed by atoms with Crippen molar-refractivity contribution in [2.24, 2.45) is 5.92 Å². The molecule has 2 aromatic rings. The smallest absolute Gasteiger partial charge is 0.230 e. The van der Waals surface area contributed by atoms with Crippen LogP contribution in [-0.4, -0.2) is 26.5 Å². The zero-order chi connectivity index (χ0) is 18.7. The zero-order valence-corrected chi connectivity index (χ0v) is 16.4. The molecule has 1 aliphatic carbocycles. The van der Waals surface area contributed by atoms with Crippen LogP contribution in [0.2, 0.25) is 0 Å². The zero-order valence-electron chi connectivity index (χ0n) is 15.6. The third kappa shape index (κ3) is 4.38. The fourth-order valence-corrected chi connectivity index (χ4v) is 3.62. The Kier molecular flexibility index (Phi) is 5.86. The summed E-state index contributed by atoms with van der Waals surface area (Å²) < 4.78 is 1.53. The SMILES string of the molecule is CCc1ccc([C@H](NC(=O)CSc2nnc(C3CC3)n2N)C(C)C)cc1. The van der Waals surface area contributed by atoms with Crippen molar-refractivity contribution in [3.8, 4) is 0 Å². The summed E-state index contributed by atoms with van der Waals surface area (Å²) in [6, 6.07) is 8.46. The van der Waals surface area contributed by atoms with Gasteiger partial charge in [0.15, 0.2) is 5.82 Å². The molecule has 1 aromatic carbocycles. The summed E-state index contributed by atoms with van der Waals surface area (Å²) in [6.07, 6.45) is 3.25. The van der Waals surface area contributed by atoms with Gasteiger partial charge in [-0.1, -0.05) is 56.8 Å². The van der Waals surface area contributed by atoms with E-state index >= 15 is 0 Å². The highest BCUT2D eigenvalue weighted by Crippen LogP contribution is 2.39. The van der Waals surface area contributed by atoms with Crippen molar-refractivity contribution in [1.29, 1.82) is 0 Å². The van der Waals surface area contributed by atoms with Crippen LogP contribution in [0.1, 0.15) is 62.5 Å². The number of hydrogen-bond acceptors (Lipinski definition) is 5. The van der Waals surface area contributed by atoms with E-state index in [-0.39, 0.29) is 17.7 Å². The first-order chi connectivity index (χ1) is 12.5. The van der Waals surface area contributed by atoms with E-state index in [4.69, 9.17) is 5.84 Å². The number of aryl methyl sites for hydroxylation is 1. The Labute approximate surface area is 158 Å². The molecule has 1 aliphatic rings. The van der Waals surface area contributed by atoms with E-state index < -0.39 is 0 Å². The lowest BCUT2D eigenvalue weighted by Crippen LogP contribution is -2.33. The number of benzene rings is 1. The summed E-state index contributed by atoms with van der Waals surface area (Å²) in [5.74, 6) is 7.85. The monoisotopic (exact) mass is 373 g/mol. The van der Waals surface area contributed by atoms with Crippen LogP contribution in [0.5, 0.6) is 0 Å². The minimum Gasteiger partial charge on any atom is -0.348 e. The number of nitrogens with two attached hydrogens (primary N) is 1. The number of nitrogen functional groups attached to an aromatic ring is 1. The molecule has 1 saturated carbocycles. The summed E-state index contributed by atoms with van der Waals surface area (Å²) in [5, 5.41) is 12.0. The van der Waals surface area contributed by atoms with Crippen LogP contribution in [0, 0.1) is 5.92 Å². The molecule has 1 amide bonds. The Hall–Kier alpha value is -2.02. The van der Waals surface area contributed by atoms with Crippen molar-refractivity contribution < 1.29 is 4.79 Å². The van der Waals surface area contributed by atoms with Crippen molar-refractivity contribution in [3.63, 3.8) is 0 Å². The fraction of sp³-hybridized carbons (Fsp3) is 0.526. The van der Waals surface area contributed by atoms with E-state index in [2.05, 4.69) is 60.6 Å². The Morgan fingerprint density at radius 2 is 2.00 bits per heavy atom. The summed E-state index contributed by atoms with van der Waals surface area (Å²) in [7, 11) is 0. The number of hydrogen-bond donors (Lipinski definition) is 2. The van der Waals surface area contributed by atoms with E-state index in [1.165, 1.54) is 22.0 Å². The Balaban J connectivity index is 1.59. The van der Waals surface area contributed by atoms with Gasteiger partial charge in [0.05, 0.1) is 11.8 Å². The van der Waals surface area contributed by atoms with Gasteiger partial charge in [-0.25, -0.2) is 4.68 Å². The molecular weight excluding hydrogens is 346 g/mol. The van der Waals surface area contributed by atoms with Gasteiger partial charge in [0.1, 0.15) is 0 Å². The van der Waals surface area contributed by atoms with Crippen molar-refractivity contribution in [2.45, 2.75) is 57.1 Å². The second-order valence-electron chi connectivity index (χ2n) is 7.16. The fourth-order valence-electron chi connectivity index (χ4n) is 2.95. The molecule has 7 heteroatoms. The Morgan fingerprint density at radius 1 is 1.31 bits per heavy atom. The van der Waals surface area contributed by atoms with Crippen molar-refractivity contribution in [1.82, 2.24) is 20.2 Å². The molecule has 1 aromatic heterocycles. The van der Waals surface area contributed by atoms with Gasteiger partial charge in [-0.05, 0) is 36.3 Å². The summed E-state index contributed by atoms with van der Waals surface area (Å²) in [5.41, 5.74) is 2.43. The Morgan fingerprint density at radius 3 is 2.58 bits per heavy atom. The number of carbonyl (C=O) groups is 1. The second-order valence-corrected chi connectivity index (χ2v) is 8.10. The van der Waals surface area contributed by atoms with Gasteiger partial charge in [-0.3, -0.25) is 4.79 Å². The van der Waals surface area contributed by atoms with E-state index in [9.17, 15) is 4.79 Å². The van der Waals surface area contributed by atoms with Crippen molar-refractivity contribution in [3.05, 3.63) is 41.2 Å². The maximum Gasteiger partial charge on any atom is 0.230 e. The summed E-state index contributed by atoms with van der Waals surface area (Å²) >= 11 is 1.33. The maximum atomic E-state index is 12.5. The predicted octanol–water partition coefficient (Wildman–Crippen LogP) is 3.04. The van der Waals surface area contributed by atoms with Gasteiger partial charge in [0.2, 0.25) is 11.1 Å². The van der Waals surface area contributed by atoms with Crippen LogP contribution in [-0.2, 0) is 11.2 Å². The van der Waals surface area contributed by atoms with Gasteiger partial charge in [0.25, 0.3) is 0 Å². The van der Waals surface area contributed by atoms with Gasteiger partial charge < -0.3 is 11.2 Å². The highest BCUT2D eigenvalue weighted by Gasteiger charge is 2.30. The molecule has 6 nitrogen and oxygen atoms in total. The first-order valence-corrected chi connectivity index (χ1v) is 10.2. The first kappa shape index (κ1) is 18.8. The number of nitrogens with zero attached hydrogens (tertiary/aromatic N) is 3. The maximum absolute atomic E-state index is 12.5. The molecule has 0 saturated heterocycles. The molecule has 26 heavy (non-hydrogen) atoms. The minimum atomic E-state index is -0.0239. The number of nitrogens with one attached hydrogen (secondary N) is 1. The molecule has 0 unspecified atom stereocenters. The lowest BCUT2D eigenvalue weighted by molar-refractivity contribution is -0.119. The highest BCUT2D eigenvalue weighted by molar-refractivity contribution is 7.99. The van der Waals surface area contributed by atoms with Gasteiger partial charge >= 0.3 is 0 Å². The van der Waals surface area contributed by atoms with E-state index in [1.54, 1.807) is 0 Å². The quantitative estimate of drug-likeness (QED) is 0.549.